The number of amides is 1. The fourth-order valence-corrected chi connectivity index (χ4v) is 3.57. The van der Waals surface area contributed by atoms with Gasteiger partial charge >= 0.3 is 0 Å². The Morgan fingerprint density at radius 1 is 0.897 bits per heavy atom. The Bertz CT molecular complexity index is 1370. The van der Waals surface area contributed by atoms with Gasteiger partial charge in [0.25, 0.3) is 5.91 Å². The van der Waals surface area contributed by atoms with E-state index < -0.39 is 0 Å². The van der Waals surface area contributed by atoms with Gasteiger partial charge in [-0.1, -0.05) is 60.1 Å². The predicted molar refractivity (Wildman–Crippen MR) is 116 cm³/mol. The van der Waals surface area contributed by atoms with E-state index in [2.05, 4.69) is 10.3 Å². The van der Waals surface area contributed by atoms with Crippen LogP contribution in [0.5, 0.6) is 0 Å². The van der Waals surface area contributed by atoms with E-state index >= 15 is 0 Å². The SMILES string of the molecule is O=C(Nc1ccccc1-c1nc2cc(Cl)ccc2o1)c1cccc2ccccc12. The number of anilines is 1. The molecule has 0 fully saturated rings. The van der Waals surface area contributed by atoms with Gasteiger partial charge in [-0.3, -0.25) is 4.79 Å². The molecule has 0 spiro atoms. The summed E-state index contributed by atoms with van der Waals surface area (Å²) in [4.78, 5) is 17.6. The molecule has 0 aliphatic heterocycles. The molecule has 4 aromatic carbocycles. The van der Waals surface area contributed by atoms with E-state index in [1.54, 1.807) is 18.2 Å². The first kappa shape index (κ1) is 17.5. The van der Waals surface area contributed by atoms with Crippen molar-refractivity contribution in [2.24, 2.45) is 0 Å². The Balaban J connectivity index is 1.54. The van der Waals surface area contributed by atoms with Gasteiger partial charge in [-0.15, -0.1) is 0 Å². The number of hydrogen-bond donors (Lipinski definition) is 1. The van der Waals surface area contributed by atoms with Crippen molar-refractivity contribution in [3.8, 4) is 11.5 Å². The largest absolute Gasteiger partial charge is 0.436 e. The quantitative estimate of drug-likeness (QED) is 0.374. The van der Waals surface area contributed by atoms with E-state index in [0.717, 1.165) is 10.8 Å². The molecule has 1 aromatic heterocycles. The number of rotatable bonds is 3. The van der Waals surface area contributed by atoms with Gasteiger partial charge in [0.2, 0.25) is 5.89 Å². The number of nitrogens with one attached hydrogen (secondary N) is 1. The average molecular weight is 399 g/mol. The highest BCUT2D eigenvalue weighted by atomic mass is 35.5. The average Bonchev–Trinajstić information content (AvgIpc) is 3.16. The van der Waals surface area contributed by atoms with Gasteiger partial charge in [-0.2, -0.15) is 0 Å². The standard InChI is InChI=1S/C24H15ClN2O2/c25-16-12-13-22-21(14-16)27-24(29-22)19-9-3-4-11-20(19)26-23(28)18-10-5-7-15-6-1-2-8-17(15)18/h1-14H,(H,26,28). The first-order valence-corrected chi connectivity index (χ1v) is 9.51. The van der Waals surface area contributed by atoms with Crippen LogP contribution < -0.4 is 5.32 Å². The summed E-state index contributed by atoms with van der Waals surface area (Å²) in [6.45, 7) is 0. The monoisotopic (exact) mass is 398 g/mol. The maximum Gasteiger partial charge on any atom is 0.256 e. The number of carbonyl (C=O) groups is 1. The van der Waals surface area contributed by atoms with Crippen molar-refractivity contribution in [2.45, 2.75) is 0 Å². The van der Waals surface area contributed by atoms with Crippen molar-refractivity contribution in [3.05, 3.63) is 95.5 Å². The second-order valence-electron chi connectivity index (χ2n) is 6.66. The van der Waals surface area contributed by atoms with Crippen LogP contribution in [0.1, 0.15) is 10.4 Å². The molecule has 0 bridgehead atoms. The van der Waals surface area contributed by atoms with Gasteiger partial charge in [0, 0.05) is 10.6 Å². The van der Waals surface area contributed by atoms with Gasteiger partial charge < -0.3 is 9.73 Å². The van der Waals surface area contributed by atoms with E-state index in [9.17, 15) is 4.79 Å². The summed E-state index contributed by atoms with van der Waals surface area (Å²) in [5.41, 5.74) is 3.25. The zero-order valence-electron chi connectivity index (χ0n) is 15.2. The lowest BCUT2D eigenvalue weighted by Crippen LogP contribution is -2.13. The van der Waals surface area contributed by atoms with Crippen LogP contribution in [0.2, 0.25) is 5.02 Å². The Labute approximate surface area is 171 Å². The minimum Gasteiger partial charge on any atom is -0.436 e. The molecule has 5 heteroatoms. The molecule has 0 aliphatic rings. The molecular formula is C24H15ClN2O2. The first-order chi connectivity index (χ1) is 14.2. The summed E-state index contributed by atoms with van der Waals surface area (Å²) >= 11 is 6.05. The molecule has 0 saturated carbocycles. The molecule has 1 N–H and O–H groups in total. The number of oxazole rings is 1. The van der Waals surface area contributed by atoms with E-state index in [1.165, 1.54) is 0 Å². The van der Waals surface area contributed by atoms with Crippen molar-refractivity contribution in [2.75, 3.05) is 5.32 Å². The van der Waals surface area contributed by atoms with Crippen LogP contribution in [-0.4, -0.2) is 10.9 Å². The summed E-state index contributed by atoms with van der Waals surface area (Å²) in [5, 5.41) is 5.52. The number of nitrogens with zero attached hydrogens (tertiary/aromatic N) is 1. The molecule has 0 atom stereocenters. The smallest absolute Gasteiger partial charge is 0.256 e. The van der Waals surface area contributed by atoms with Crippen LogP contribution in [0, 0.1) is 0 Å². The molecule has 1 amide bonds. The highest BCUT2D eigenvalue weighted by molar-refractivity contribution is 6.31. The van der Waals surface area contributed by atoms with Crippen molar-refractivity contribution >= 4 is 45.1 Å². The number of carbonyl (C=O) groups excluding carboxylic acids is 1. The number of fused-ring (bicyclic) bond motifs is 2. The van der Waals surface area contributed by atoms with Gasteiger partial charge in [0.1, 0.15) is 5.52 Å². The molecular weight excluding hydrogens is 384 g/mol. The van der Waals surface area contributed by atoms with E-state index in [-0.39, 0.29) is 5.91 Å². The van der Waals surface area contributed by atoms with Crippen LogP contribution in [-0.2, 0) is 0 Å². The Kier molecular flexibility index (Phi) is 4.26. The zero-order chi connectivity index (χ0) is 19.8. The predicted octanol–water partition coefficient (Wildman–Crippen LogP) is 6.55. The minimum absolute atomic E-state index is 0.187. The summed E-state index contributed by atoms with van der Waals surface area (Å²) in [5.74, 6) is 0.240. The lowest BCUT2D eigenvalue weighted by molar-refractivity contribution is 0.102. The summed E-state index contributed by atoms with van der Waals surface area (Å²) < 4.78 is 5.89. The highest BCUT2D eigenvalue weighted by Gasteiger charge is 2.16. The van der Waals surface area contributed by atoms with Gasteiger partial charge in [0.05, 0.1) is 11.3 Å². The third-order valence-electron chi connectivity index (χ3n) is 4.79. The van der Waals surface area contributed by atoms with Gasteiger partial charge in [-0.25, -0.2) is 4.98 Å². The van der Waals surface area contributed by atoms with Crippen LogP contribution in [0.3, 0.4) is 0 Å². The summed E-state index contributed by atoms with van der Waals surface area (Å²) in [7, 11) is 0. The normalized spacial score (nSPS) is 11.1. The van der Waals surface area contributed by atoms with Crippen molar-refractivity contribution in [1.29, 1.82) is 0 Å². The Hall–Kier alpha value is -3.63. The number of para-hydroxylation sites is 1. The van der Waals surface area contributed by atoms with Crippen molar-refractivity contribution < 1.29 is 9.21 Å². The molecule has 140 valence electrons. The number of hydrogen-bond acceptors (Lipinski definition) is 3. The topological polar surface area (TPSA) is 55.1 Å². The zero-order valence-corrected chi connectivity index (χ0v) is 16.0. The maximum absolute atomic E-state index is 13.0. The first-order valence-electron chi connectivity index (χ1n) is 9.14. The molecule has 5 aromatic rings. The molecule has 0 aliphatic carbocycles. The summed E-state index contributed by atoms with van der Waals surface area (Å²) in [6, 6.07) is 26.2. The van der Waals surface area contributed by atoms with Crippen molar-refractivity contribution in [1.82, 2.24) is 4.98 Å². The lowest BCUT2D eigenvalue weighted by atomic mass is 10.0. The highest BCUT2D eigenvalue weighted by Crippen LogP contribution is 2.31. The molecule has 5 rings (SSSR count). The second-order valence-corrected chi connectivity index (χ2v) is 7.09. The third-order valence-corrected chi connectivity index (χ3v) is 5.02. The lowest BCUT2D eigenvalue weighted by Gasteiger charge is -2.10. The minimum atomic E-state index is -0.187. The van der Waals surface area contributed by atoms with E-state index in [1.807, 2.05) is 66.7 Å². The summed E-state index contributed by atoms with van der Waals surface area (Å²) in [6.07, 6.45) is 0. The molecule has 29 heavy (non-hydrogen) atoms. The number of halogens is 1. The van der Waals surface area contributed by atoms with Gasteiger partial charge in [-0.05, 0) is 47.2 Å². The number of aromatic nitrogens is 1. The molecule has 0 radical (unpaired) electrons. The van der Waals surface area contributed by atoms with Crippen LogP contribution >= 0.6 is 11.6 Å². The molecule has 0 saturated heterocycles. The van der Waals surface area contributed by atoms with Crippen LogP contribution in [0.15, 0.2) is 89.3 Å². The Morgan fingerprint density at radius 2 is 1.69 bits per heavy atom. The van der Waals surface area contributed by atoms with Crippen LogP contribution in [0.4, 0.5) is 5.69 Å². The fourth-order valence-electron chi connectivity index (χ4n) is 3.41. The number of benzene rings is 4. The molecule has 0 unspecified atom stereocenters. The molecule has 4 nitrogen and oxygen atoms in total. The maximum atomic E-state index is 13.0. The Morgan fingerprint density at radius 3 is 2.62 bits per heavy atom. The van der Waals surface area contributed by atoms with Gasteiger partial charge in [0.15, 0.2) is 5.58 Å². The third kappa shape index (κ3) is 3.24. The second kappa shape index (κ2) is 7.08. The van der Waals surface area contributed by atoms with Crippen LogP contribution in [0.25, 0.3) is 33.3 Å². The van der Waals surface area contributed by atoms with E-state index in [4.69, 9.17) is 16.0 Å². The fraction of sp³-hybridized carbons (Fsp3) is 0. The molecule has 1 heterocycles. The van der Waals surface area contributed by atoms with Crippen molar-refractivity contribution in [3.63, 3.8) is 0 Å². The van der Waals surface area contributed by atoms with E-state index in [0.29, 0.717) is 38.8 Å².